The summed E-state index contributed by atoms with van der Waals surface area (Å²) in [4.78, 5) is 27.0. The summed E-state index contributed by atoms with van der Waals surface area (Å²) in [5, 5.41) is 14.4. The van der Waals surface area contributed by atoms with Crippen molar-refractivity contribution in [3.8, 4) is 0 Å². The lowest BCUT2D eigenvalue weighted by atomic mass is 9.41. The SMILES string of the molecule is CC(=O)OC(C1CC(C)C2C(O1)C(=O)C1(C)C3CCC4C(C)(C)C(OC5CNCCO5)CCC45CC35CCC21C)C(C)(C)O. The largest absolute Gasteiger partial charge is 0.457 e. The molecule has 13 unspecified atom stereocenters. The molecule has 44 heavy (non-hydrogen) atoms. The maximum atomic E-state index is 14.9. The lowest BCUT2D eigenvalue weighted by molar-refractivity contribution is -0.235. The molecule has 0 aromatic heterocycles. The molecule has 5 aliphatic carbocycles. The summed E-state index contributed by atoms with van der Waals surface area (Å²) in [5.74, 6) is 1.12. The van der Waals surface area contributed by atoms with Gasteiger partial charge in [0.15, 0.2) is 18.2 Å². The van der Waals surface area contributed by atoms with Crippen LogP contribution < -0.4 is 5.32 Å². The number of hydrogen-bond donors (Lipinski definition) is 2. The highest BCUT2D eigenvalue weighted by Crippen LogP contribution is 2.89. The summed E-state index contributed by atoms with van der Waals surface area (Å²) in [5.41, 5.74) is -1.31. The van der Waals surface area contributed by atoms with Crippen LogP contribution in [0.15, 0.2) is 0 Å². The van der Waals surface area contributed by atoms with E-state index in [0.29, 0.717) is 30.3 Å². The van der Waals surface area contributed by atoms with E-state index in [0.717, 1.165) is 38.8 Å². The van der Waals surface area contributed by atoms with Gasteiger partial charge in [-0.25, -0.2) is 0 Å². The molecule has 2 aliphatic heterocycles. The molecule has 8 nitrogen and oxygen atoms in total. The van der Waals surface area contributed by atoms with Gasteiger partial charge < -0.3 is 29.4 Å². The lowest BCUT2D eigenvalue weighted by Gasteiger charge is -2.62. The van der Waals surface area contributed by atoms with Gasteiger partial charge in [-0.1, -0.05) is 34.6 Å². The first-order valence-electron chi connectivity index (χ1n) is 17.6. The van der Waals surface area contributed by atoms with Gasteiger partial charge in [0.2, 0.25) is 0 Å². The van der Waals surface area contributed by atoms with Crippen LogP contribution in [0.4, 0.5) is 0 Å². The molecule has 0 radical (unpaired) electrons. The van der Waals surface area contributed by atoms with Crippen molar-refractivity contribution in [1.29, 1.82) is 0 Å². The van der Waals surface area contributed by atoms with E-state index >= 15 is 0 Å². The minimum Gasteiger partial charge on any atom is -0.457 e. The molecule has 2 spiro atoms. The zero-order valence-corrected chi connectivity index (χ0v) is 28.4. The maximum absolute atomic E-state index is 14.9. The van der Waals surface area contributed by atoms with E-state index in [1.807, 2.05) is 0 Å². The first-order chi connectivity index (χ1) is 20.5. The number of morpholine rings is 1. The zero-order chi connectivity index (χ0) is 31.7. The van der Waals surface area contributed by atoms with Crippen LogP contribution in [0.5, 0.6) is 0 Å². The summed E-state index contributed by atoms with van der Waals surface area (Å²) in [7, 11) is 0. The second kappa shape index (κ2) is 9.98. The molecule has 8 heteroatoms. The van der Waals surface area contributed by atoms with Crippen LogP contribution in [0.2, 0.25) is 0 Å². The lowest BCUT2D eigenvalue weighted by Crippen LogP contribution is -2.59. The number of hydrogen-bond acceptors (Lipinski definition) is 8. The number of rotatable bonds is 5. The van der Waals surface area contributed by atoms with E-state index in [1.54, 1.807) is 13.8 Å². The highest BCUT2D eigenvalue weighted by atomic mass is 16.7. The van der Waals surface area contributed by atoms with Gasteiger partial charge in [0.05, 0.1) is 24.4 Å². The first kappa shape index (κ1) is 31.5. The number of carbonyl (C=O) groups is 2. The fourth-order valence-corrected chi connectivity index (χ4v) is 13.1. The topological polar surface area (TPSA) is 103 Å². The third kappa shape index (κ3) is 4.05. The summed E-state index contributed by atoms with van der Waals surface area (Å²) in [6.07, 6.45) is 6.80. The Morgan fingerprint density at radius 3 is 2.43 bits per heavy atom. The number of ketones is 1. The van der Waals surface area contributed by atoms with Gasteiger partial charge in [-0.3, -0.25) is 9.59 Å². The minimum atomic E-state index is -1.27. The Morgan fingerprint density at radius 1 is 1.07 bits per heavy atom. The quantitative estimate of drug-likeness (QED) is 0.415. The molecule has 2 saturated heterocycles. The minimum absolute atomic E-state index is 0.0521. The normalized spacial score (nSPS) is 51.6. The van der Waals surface area contributed by atoms with Crippen molar-refractivity contribution < 1.29 is 33.6 Å². The summed E-state index contributed by atoms with van der Waals surface area (Å²) >= 11 is 0. The third-order valence-corrected chi connectivity index (χ3v) is 15.0. The molecule has 0 aromatic rings. The van der Waals surface area contributed by atoms with Crippen LogP contribution in [0, 0.1) is 50.7 Å². The Hall–Kier alpha value is -1.06. The van der Waals surface area contributed by atoms with Crippen molar-refractivity contribution in [3.63, 3.8) is 0 Å². The standard InChI is InChI=1S/C36H57NO7/c1-20-17-22(30(32(5,6)40)42-21(2)38)43-28-27(20)33(7)13-14-36-19-35(36)12-11-25(44-26-18-37-15-16-41-26)31(3,4)23(35)9-10-24(36)34(33,8)29(28)39/h20,22-28,30,37,40H,9-19H2,1-8H3. The Kier molecular flexibility index (Phi) is 7.15. The van der Waals surface area contributed by atoms with E-state index in [9.17, 15) is 14.7 Å². The van der Waals surface area contributed by atoms with Crippen molar-refractivity contribution in [1.82, 2.24) is 5.32 Å². The molecule has 13 atom stereocenters. The molecule has 0 bridgehead atoms. The second-order valence-electron chi connectivity index (χ2n) is 17.7. The number of esters is 1. The predicted octanol–water partition coefficient (Wildman–Crippen LogP) is 5.04. The number of Topliss-reactive ketones (excluding diaryl/α,β-unsaturated/α-hetero) is 1. The molecule has 7 rings (SSSR count). The average Bonchev–Trinajstić information content (AvgIpc) is 3.58. The molecule has 248 valence electrons. The van der Waals surface area contributed by atoms with Crippen LogP contribution >= 0.6 is 0 Å². The fourth-order valence-electron chi connectivity index (χ4n) is 13.1. The van der Waals surface area contributed by atoms with Crippen LogP contribution in [0.25, 0.3) is 0 Å². The van der Waals surface area contributed by atoms with Crippen molar-refractivity contribution in [3.05, 3.63) is 0 Å². The van der Waals surface area contributed by atoms with Gasteiger partial charge in [-0.2, -0.15) is 0 Å². The molecule has 7 fully saturated rings. The molecular formula is C36H57NO7. The molecular weight excluding hydrogens is 558 g/mol. The number of carbonyl (C=O) groups excluding carboxylic acids is 2. The van der Waals surface area contributed by atoms with Crippen LogP contribution in [-0.4, -0.2) is 72.9 Å². The molecule has 2 heterocycles. The molecule has 0 amide bonds. The van der Waals surface area contributed by atoms with Crippen molar-refractivity contribution in [2.24, 2.45) is 50.7 Å². The van der Waals surface area contributed by atoms with Gasteiger partial charge in [0, 0.05) is 31.3 Å². The van der Waals surface area contributed by atoms with E-state index in [4.69, 9.17) is 18.9 Å². The molecule has 2 N–H and O–H groups in total. The van der Waals surface area contributed by atoms with E-state index in [-0.39, 0.29) is 46.3 Å². The summed E-state index contributed by atoms with van der Waals surface area (Å²) < 4.78 is 25.0. The third-order valence-electron chi connectivity index (χ3n) is 15.0. The number of ether oxygens (including phenoxy) is 4. The Bertz CT molecular complexity index is 1190. The van der Waals surface area contributed by atoms with Crippen molar-refractivity contribution in [2.75, 3.05) is 19.7 Å². The monoisotopic (exact) mass is 615 g/mol. The highest BCUT2D eigenvalue weighted by molar-refractivity contribution is 5.93. The van der Waals surface area contributed by atoms with E-state index in [2.05, 4.69) is 39.9 Å². The first-order valence-corrected chi connectivity index (χ1v) is 17.6. The van der Waals surface area contributed by atoms with Gasteiger partial charge in [-0.15, -0.1) is 0 Å². The van der Waals surface area contributed by atoms with Crippen LogP contribution in [0.3, 0.4) is 0 Å². The molecule has 0 aromatic carbocycles. The smallest absolute Gasteiger partial charge is 0.303 e. The van der Waals surface area contributed by atoms with Gasteiger partial charge in [0.25, 0.3) is 0 Å². The highest BCUT2D eigenvalue weighted by Gasteiger charge is 2.85. The maximum Gasteiger partial charge on any atom is 0.303 e. The second-order valence-corrected chi connectivity index (χ2v) is 17.7. The molecule has 5 saturated carbocycles. The average molecular weight is 616 g/mol. The van der Waals surface area contributed by atoms with E-state index < -0.39 is 35.3 Å². The van der Waals surface area contributed by atoms with Crippen LogP contribution in [0.1, 0.15) is 107 Å². The number of fused-ring (bicyclic) bond motifs is 4. The predicted molar refractivity (Wildman–Crippen MR) is 164 cm³/mol. The van der Waals surface area contributed by atoms with Gasteiger partial charge in [-0.05, 0) is 105 Å². The van der Waals surface area contributed by atoms with Gasteiger partial charge >= 0.3 is 5.97 Å². The molecule has 7 aliphatic rings. The Balaban J connectivity index is 1.16. The van der Waals surface area contributed by atoms with E-state index in [1.165, 1.54) is 26.2 Å². The Morgan fingerprint density at radius 2 is 1.77 bits per heavy atom. The van der Waals surface area contributed by atoms with Crippen LogP contribution in [-0.2, 0) is 28.5 Å². The number of aliphatic hydroxyl groups is 1. The van der Waals surface area contributed by atoms with Crippen molar-refractivity contribution >= 4 is 11.8 Å². The number of nitrogens with one attached hydrogen (secondary N) is 1. The summed E-state index contributed by atoms with van der Waals surface area (Å²) in [6, 6.07) is 0. The van der Waals surface area contributed by atoms with Gasteiger partial charge in [0.1, 0.15) is 6.10 Å². The fraction of sp³-hybridized carbons (Fsp3) is 0.944. The summed E-state index contributed by atoms with van der Waals surface area (Å²) in [6.45, 7) is 18.9. The Labute approximate surface area is 264 Å². The van der Waals surface area contributed by atoms with Crippen molar-refractivity contribution in [2.45, 2.75) is 143 Å². The zero-order valence-electron chi connectivity index (χ0n) is 28.4.